The molecule has 0 radical (unpaired) electrons. The number of carbonyl (C=O) groups excluding carboxylic acids is 2. The van der Waals surface area contributed by atoms with E-state index >= 15 is 0 Å². The van der Waals surface area contributed by atoms with Crippen molar-refractivity contribution in [2.24, 2.45) is 0 Å². The first-order valence-corrected chi connectivity index (χ1v) is 7.35. The lowest BCUT2D eigenvalue weighted by Crippen LogP contribution is -2.30. The zero-order chi connectivity index (χ0) is 17.0. The third-order valence-electron chi connectivity index (χ3n) is 2.94. The highest BCUT2D eigenvalue weighted by Crippen LogP contribution is 2.29. The Morgan fingerprint density at radius 3 is 2.43 bits per heavy atom. The van der Waals surface area contributed by atoms with E-state index in [0.717, 1.165) is 12.1 Å². The standard InChI is InChI=1S/C16H12Cl2FNO3/c1-9(23-16(22)10-5-7-11(19)8-6-10)15(21)20-13-4-2-3-12(17)14(13)18/h2-9H,1H3,(H,20,21). The second-order valence-electron chi connectivity index (χ2n) is 4.65. The molecule has 0 aliphatic rings. The molecule has 0 aliphatic carbocycles. The summed E-state index contributed by atoms with van der Waals surface area (Å²) in [5, 5.41) is 3.01. The number of rotatable bonds is 4. The van der Waals surface area contributed by atoms with Crippen LogP contribution in [0.5, 0.6) is 0 Å². The Kier molecular flexibility index (Phi) is 5.58. The Morgan fingerprint density at radius 1 is 1.13 bits per heavy atom. The van der Waals surface area contributed by atoms with Gasteiger partial charge in [0.15, 0.2) is 6.10 Å². The fourth-order valence-electron chi connectivity index (χ4n) is 1.70. The number of ether oxygens (including phenoxy) is 1. The minimum atomic E-state index is -1.07. The van der Waals surface area contributed by atoms with Crippen molar-refractivity contribution in [3.63, 3.8) is 0 Å². The SMILES string of the molecule is CC(OC(=O)c1ccc(F)cc1)C(=O)Nc1cccc(Cl)c1Cl. The van der Waals surface area contributed by atoms with Gasteiger partial charge in [0.05, 0.1) is 21.3 Å². The van der Waals surface area contributed by atoms with Crippen molar-refractivity contribution < 1.29 is 18.7 Å². The predicted octanol–water partition coefficient (Wildman–Crippen LogP) is 4.32. The van der Waals surface area contributed by atoms with Crippen molar-refractivity contribution in [1.82, 2.24) is 0 Å². The summed E-state index contributed by atoms with van der Waals surface area (Å²) in [6.07, 6.45) is -1.07. The monoisotopic (exact) mass is 355 g/mol. The first-order chi connectivity index (χ1) is 10.9. The molecular weight excluding hydrogens is 344 g/mol. The van der Waals surface area contributed by atoms with E-state index in [0.29, 0.717) is 10.7 Å². The van der Waals surface area contributed by atoms with E-state index in [1.807, 2.05) is 0 Å². The average Bonchev–Trinajstić information content (AvgIpc) is 2.52. The number of nitrogens with one attached hydrogen (secondary N) is 1. The van der Waals surface area contributed by atoms with Crippen molar-refractivity contribution in [3.05, 3.63) is 63.9 Å². The van der Waals surface area contributed by atoms with Crippen LogP contribution in [0.3, 0.4) is 0 Å². The zero-order valence-electron chi connectivity index (χ0n) is 12.0. The van der Waals surface area contributed by atoms with E-state index in [1.165, 1.54) is 19.1 Å². The summed E-state index contributed by atoms with van der Waals surface area (Å²) in [5.41, 5.74) is 0.459. The van der Waals surface area contributed by atoms with Crippen LogP contribution in [0.25, 0.3) is 0 Å². The van der Waals surface area contributed by atoms with Gasteiger partial charge in [-0.3, -0.25) is 4.79 Å². The molecule has 120 valence electrons. The Balaban J connectivity index is 2.01. The van der Waals surface area contributed by atoms with Gasteiger partial charge in [0, 0.05) is 0 Å². The van der Waals surface area contributed by atoms with E-state index in [9.17, 15) is 14.0 Å². The lowest BCUT2D eigenvalue weighted by atomic mass is 10.2. The molecule has 1 unspecified atom stereocenters. The molecule has 0 saturated heterocycles. The summed E-state index contributed by atoms with van der Waals surface area (Å²) in [7, 11) is 0. The number of hydrogen-bond donors (Lipinski definition) is 1. The number of benzene rings is 2. The summed E-state index contributed by atoms with van der Waals surface area (Å²) in [6.45, 7) is 1.41. The molecule has 23 heavy (non-hydrogen) atoms. The lowest BCUT2D eigenvalue weighted by molar-refractivity contribution is -0.123. The molecule has 1 N–H and O–H groups in total. The van der Waals surface area contributed by atoms with E-state index in [1.54, 1.807) is 18.2 Å². The Labute approximate surface area is 142 Å². The van der Waals surface area contributed by atoms with Crippen LogP contribution >= 0.6 is 23.2 Å². The van der Waals surface area contributed by atoms with E-state index in [-0.39, 0.29) is 10.6 Å². The van der Waals surface area contributed by atoms with Crippen LogP contribution in [0.4, 0.5) is 10.1 Å². The highest BCUT2D eigenvalue weighted by molar-refractivity contribution is 6.44. The molecular formula is C16H12Cl2FNO3. The van der Waals surface area contributed by atoms with Gasteiger partial charge in [-0.05, 0) is 43.3 Å². The van der Waals surface area contributed by atoms with Crippen molar-refractivity contribution in [1.29, 1.82) is 0 Å². The maximum absolute atomic E-state index is 12.8. The van der Waals surface area contributed by atoms with E-state index in [2.05, 4.69) is 5.32 Å². The highest BCUT2D eigenvalue weighted by Gasteiger charge is 2.20. The maximum atomic E-state index is 12.8. The van der Waals surface area contributed by atoms with Crippen LogP contribution in [0.1, 0.15) is 17.3 Å². The van der Waals surface area contributed by atoms with Crippen LogP contribution in [0, 0.1) is 5.82 Å². The van der Waals surface area contributed by atoms with E-state index in [4.69, 9.17) is 27.9 Å². The van der Waals surface area contributed by atoms with Crippen LogP contribution in [-0.2, 0) is 9.53 Å². The first kappa shape index (κ1) is 17.2. The van der Waals surface area contributed by atoms with Gasteiger partial charge in [-0.2, -0.15) is 0 Å². The Morgan fingerprint density at radius 2 is 1.78 bits per heavy atom. The van der Waals surface area contributed by atoms with Gasteiger partial charge >= 0.3 is 5.97 Å². The van der Waals surface area contributed by atoms with Crippen LogP contribution in [0.15, 0.2) is 42.5 Å². The second-order valence-corrected chi connectivity index (χ2v) is 5.43. The Bertz CT molecular complexity index is 735. The van der Waals surface area contributed by atoms with Crippen molar-refractivity contribution in [2.75, 3.05) is 5.32 Å². The summed E-state index contributed by atoms with van der Waals surface area (Å²) in [5.74, 6) is -1.77. The quantitative estimate of drug-likeness (QED) is 0.831. The summed E-state index contributed by atoms with van der Waals surface area (Å²) >= 11 is 11.8. The molecule has 2 aromatic carbocycles. The number of amides is 1. The molecule has 0 spiro atoms. The average molecular weight is 356 g/mol. The van der Waals surface area contributed by atoms with Crippen LogP contribution < -0.4 is 5.32 Å². The molecule has 0 heterocycles. The van der Waals surface area contributed by atoms with Crippen molar-refractivity contribution in [2.45, 2.75) is 13.0 Å². The van der Waals surface area contributed by atoms with Gasteiger partial charge in [0.2, 0.25) is 0 Å². The fourth-order valence-corrected chi connectivity index (χ4v) is 2.05. The molecule has 2 rings (SSSR count). The molecule has 0 aromatic heterocycles. The van der Waals surface area contributed by atoms with Gasteiger partial charge in [0.25, 0.3) is 5.91 Å². The maximum Gasteiger partial charge on any atom is 0.338 e. The number of halogens is 3. The molecule has 4 nitrogen and oxygen atoms in total. The largest absolute Gasteiger partial charge is 0.449 e. The van der Waals surface area contributed by atoms with Gasteiger partial charge in [-0.1, -0.05) is 29.3 Å². The molecule has 7 heteroatoms. The number of esters is 1. The van der Waals surface area contributed by atoms with Gasteiger partial charge < -0.3 is 10.1 Å². The molecule has 1 amide bonds. The van der Waals surface area contributed by atoms with Crippen molar-refractivity contribution >= 4 is 40.8 Å². The molecule has 0 aliphatic heterocycles. The minimum Gasteiger partial charge on any atom is -0.449 e. The summed E-state index contributed by atoms with van der Waals surface area (Å²) in [4.78, 5) is 23.9. The third-order valence-corrected chi connectivity index (χ3v) is 3.76. The second kappa shape index (κ2) is 7.44. The summed E-state index contributed by atoms with van der Waals surface area (Å²) < 4.78 is 17.8. The summed E-state index contributed by atoms with van der Waals surface area (Å²) in [6, 6.07) is 9.59. The molecule has 2 aromatic rings. The highest BCUT2D eigenvalue weighted by atomic mass is 35.5. The number of anilines is 1. The smallest absolute Gasteiger partial charge is 0.338 e. The van der Waals surface area contributed by atoms with Crippen LogP contribution in [-0.4, -0.2) is 18.0 Å². The predicted molar refractivity (Wildman–Crippen MR) is 86.4 cm³/mol. The minimum absolute atomic E-state index is 0.145. The van der Waals surface area contributed by atoms with Gasteiger partial charge in [0.1, 0.15) is 5.82 Å². The Hall–Kier alpha value is -2.11. The zero-order valence-corrected chi connectivity index (χ0v) is 13.5. The molecule has 0 fully saturated rings. The number of hydrogen-bond acceptors (Lipinski definition) is 3. The normalized spacial score (nSPS) is 11.7. The number of carbonyl (C=O) groups is 2. The molecule has 1 atom stereocenters. The van der Waals surface area contributed by atoms with Crippen molar-refractivity contribution in [3.8, 4) is 0 Å². The van der Waals surface area contributed by atoms with Crippen LogP contribution in [0.2, 0.25) is 10.0 Å². The molecule has 0 bridgehead atoms. The van der Waals surface area contributed by atoms with Gasteiger partial charge in [-0.25, -0.2) is 9.18 Å². The third kappa shape index (κ3) is 4.43. The molecule has 0 saturated carbocycles. The fraction of sp³-hybridized carbons (Fsp3) is 0.125. The lowest BCUT2D eigenvalue weighted by Gasteiger charge is -2.14. The van der Waals surface area contributed by atoms with Gasteiger partial charge in [-0.15, -0.1) is 0 Å². The topological polar surface area (TPSA) is 55.4 Å². The van der Waals surface area contributed by atoms with E-state index < -0.39 is 23.8 Å². The first-order valence-electron chi connectivity index (χ1n) is 6.60.